The first kappa shape index (κ1) is 16.2. The Kier molecular flexibility index (Phi) is 5.33. The predicted molar refractivity (Wildman–Crippen MR) is 87.2 cm³/mol. The summed E-state index contributed by atoms with van der Waals surface area (Å²) in [5.41, 5.74) is 9.44. The Bertz CT molecular complexity index is 621. The lowest BCUT2D eigenvalue weighted by atomic mass is 9.94. The van der Waals surface area contributed by atoms with Gasteiger partial charge >= 0.3 is 0 Å². The van der Waals surface area contributed by atoms with Gasteiger partial charge in [0.2, 0.25) is 5.91 Å². The van der Waals surface area contributed by atoms with E-state index in [1.165, 1.54) is 0 Å². The van der Waals surface area contributed by atoms with Gasteiger partial charge in [-0.3, -0.25) is 9.48 Å². The number of carbonyl (C=O) groups excluding carboxylic acids is 1. The van der Waals surface area contributed by atoms with Crippen LogP contribution in [0.4, 0.5) is 0 Å². The molecule has 2 rings (SSSR count). The lowest BCUT2D eigenvalue weighted by Crippen LogP contribution is -2.36. The standard InChI is InChI=1S/C17H24N4O/c1-12(16(18)14-7-5-4-6-8-14)17(22)19-10-9-15-11-20-21(3)13(15)2/h4-8,11-12,16H,9-10,18H2,1-3H3,(H,19,22)/t12-,16-/m1/s1. The van der Waals surface area contributed by atoms with Crippen LogP contribution in [-0.4, -0.2) is 22.2 Å². The van der Waals surface area contributed by atoms with E-state index in [0.717, 1.165) is 23.2 Å². The smallest absolute Gasteiger partial charge is 0.224 e. The number of nitrogens with one attached hydrogen (secondary N) is 1. The summed E-state index contributed by atoms with van der Waals surface area (Å²) in [6.07, 6.45) is 2.62. The Morgan fingerprint density at radius 3 is 2.64 bits per heavy atom. The first-order chi connectivity index (χ1) is 10.5. The molecule has 0 aliphatic carbocycles. The van der Waals surface area contributed by atoms with Crippen molar-refractivity contribution in [2.45, 2.75) is 26.3 Å². The van der Waals surface area contributed by atoms with Crippen molar-refractivity contribution in [3.63, 3.8) is 0 Å². The number of hydrogen-bond acceptors (Lipinski definition) is 3. The highest BCUT2D eigenvalue weighted by Crippen LogP contribution is 2.19. The van der Waals surface area contributed by atoms with Crippen LogP contribution in [0.3, 0.4) is 0 Å². The van der Waals surface area contributed by atoms with Gasteiger partial charge in [0.05, 0.1) is 12.1 Å². The molecule has 5 nitrogen and oxygen atoms in total. The van der Waals surface area contributed by atoms with E-state index in [0.29, 0.717) is 6.54 Å². The van der Waals surface area contributed by atoms with Crippen molar-refractivity contribution in [3.8, 4) is 0 Å². The van der Waals surface area contributed by atoms with E-state index in [1.54, 1.807) is 0 Å². The number of hydrogen-bond donors (Lipinski definition) is 2. The van der Waals surface area contributed by atoms with Crippen LogP contribution in [0, 0.1) is 12.8 Å². The van der Waals surface area contributed by atoms with Crippen molar-refractivity contribution in [1.82, 2.24) is 15.1 Å². The van der Waals surface area contributed by atoms with Crippen molar-refractivity contribution >= 4 is 5.91 Å². The molecule has 22 heavy (non-hydrogen) atoms. The van der Waals surface area contributed by atoms with E-state index in [1.807, 2.05) is 62.1 Å². The fourth-order valence-electron chi connectivity index (χ4n) is 2.40. The third-order valence-corrected chi connectivity index (χ3v) is 4.17. The van der Waals surface area contributed by atoms with Crippen molar-refractivity contribution in [2.24, 2.45) is 18.7 Å². The predicted octanol–water partition coefficient (Wildman–Crippen LogP) is 1.72. The van der Waals surface area contributed by atoms with Crippen molar-refractivity contribution in [2.75, 3.05) is 6.54 Å². The molecule has 5 heteroatoms. The maximum absolute atomic E-state index is 12.2. The van der Waals surface area contributed by atoms with E-state index in [-0.39, 0.29) is 17.9 Å². The molecule has 1 aromatic heterocycles. The van der Waals surface area contributed by atoms with Gasteiger partial charge in [-0.25, -0.2) is 0 Å². The van der Waals surface area contributed by atoms with Gasteiger partial charge in [0.1, 0.15) is 0 Å². The van der Waals surface area contributed by atoms with Gasteiger partial charge in [-0.15, -0.1) is 0 Å². The molecular weight excluding hydrogens is 276 g/mol. The molecule has 2 aromatic rings. The van der Waals surface area contributed by atoms with Crippen LogP contribution < -0.4 is 11.1 Å². The Hall–Kier alpha value is -2.14. The highest BCUT2D eigenvalue weighted by Gasteiger charge is 2.21. The number of amides is 1. The molecule has 118 valence electrons. The van der Waals surface area contributed by atoms with Crippen LogP contribution in [0.1, 0.15) is 29.8 Å². The minimum absolute atomic E-state index is 0.0158. The molecule has 0 unspecified atom stereocenters. The summed E-state index contributed by atoms with van der Waals surface area (Å²) in [6.45, 7) is 4.48. The first-order valence-electron chi connectivity index (χ1n) is 7.56. The van der Waals surface area contributed by atoms with Gasteiger partial charge in [-0.2, -0.15) is 5.10 Å². The van der Waals surface area contributed by atoms with E-state index in [2.05, 4.69) is 10.4 Å². The highest BCUT2D eigenvalue weighted by molar-refractivity contribution is 5.79. The van der Waals surface area contributed by atoms with Gasteiger partial charge < -0.3 is 11.1 Å². The number of benzene rings is 1. The average molecular weight is 300 g/mol. The Morgan fingerprint density at radius 2 is 2.05 bits per heavy atom. The van der Waals surface area contributed by atoms with Crippen molar-refractivity contribution in [3.05, 3.63) is 53.3 Å². The summed E-state index contributed by atoms with van der Waals surface area (Å²) < 4.78 is 1.84. The average Bonchev–Trinajstić information content (AvgIpc) is 2.86. The van der Waals surface area contributed by atoms with Crippen LogP contribution in [-0.2, 0) is 18.3 Å². The second-order valence-corrected chi connectivity index (χ2v) is 5.64. The molecule has 0 aliphatic heterocycles. The molecular formula is C17H24N4O. The van der Waals surface area contributed by atoms with Gasteiger partial charge in [0, 0.05) is 25.3 Å². The lowest BCUT2D eigenvalue weighted by molar-refractivity contribution is -0.125. The summed E-state index contributed by atoms with van der Waals surface area (Å²) in [5.74, 6) is -0.282. The molecule has 1 amide bonds. The molecule has 0 saturated heterocycles. The van der Waals surface area contributed by atoms with E-state index < -0.39 is 0 Å². The second-order valence-electron chi connectivity index (χ2n) is 5.64. The van der Waals surface area contributed by atoms with E-state index in [9.17, 15) is 4.79 Å². The first-order valence-corrected chi connectivity index (χ1v) is 7.56. The molecule has 3 N–H and O–H groups in total. The van der Waals surface area contributed by atoms with Crippen LogP contribution in [0.25, 0.3) is 0 Å². The monoisotopic (exact) mass is 300 g/mol. The number of nitrogens with two attached hydrogens (primary N) is 1. The second kappa shape index (κ2) is 7.22. The lowest BCUT2D eigenvalue weighted by Gasteiger charge is -2.19. The van der Waals surface area contributed by atoms with Crippen LogP contribution in [0.5, 0.6) is 0 Å². The zero-order chi connectivity index (χ0) is 16.1. The van der Waals surface area contributed by atoms with Crippen molar-refractivity contribution < 1.29 is 4.79 Å². The van der Waals surface area contributed by atoms with Gasteiger partial charge in [0.15, 0.2) is 0 Å². The molecule has 2 atom stereocenters. The molecule has 0 saturated carbocycles. The molecule has 1 aromatic carbocycles. The normalized spacial score (nSPS) is 13.6. The Balaban J connectivity index is 1.85. The van der Waals surface area contributed by atoms with E-state index >= 15 is 0 Å². The van der Waals surface area contributed by atoms with Gasteiger partial charge in [-0.05, 0) is 24.5 Å². The Labute approximate surface area is 131 Å². The molecule has 0 aliphatic rings. The summed E-state index contributed by atoms with van der Waals surface area (Å²) in [6, 6.07) is 9.43. The minimum atomic E-state index is -0.290. The maximum atomic E-state index is 12.2. The van der Waals surface area contributed by atoms with Gasteiger partial charge in [-0.1, -0.05) is 37.3 Å². The Morgan fingerprint density at radius 1 is 1.36 bits per heavy atom. The summed E-state index contributed by atoms with van der Waals surface area (Å²) in [5, 5.41) is 7.16. The third-order valence-electron chi connectivity index (χ3n) is 4.17. The topological polar surface area (TPSA) is 72.9 Å². The zero-order valence-corrected chi connectivity index (χ0v) is 13.4. The summed E-state index contributed by atoms with van der Waals surface area (Å²) in [4.78, 5) is 12.2. The third kappa shape index (κ3) is 3.74. The molecule has 0 radical (unpaired) electrons. The SMILES string of the molecule is Cc1c(CCNC(=O)[C@H](C)[C@@H](N)c2ccccc2)cnn1C. The molecule has 0 fully saturated rings. The van der Waals surface area contributed by atoms with Gasteiger partial charge in [0.25, 0.3) is 0 Å². The molecule has 0 spiro atoms. The minimum Gasteiger partial charge on any atom is -0.355 e. The fraction of sp³-hybridized carbons (Fsp3) is 0.412. The number of nitrogens with zero attached hydrogens (tertiary/aromatic N) is 2. The fourth-order valence-corrected chi connectivity index (χ4v) is 2.40. The summed E-state index contributed by atoms with van der Waals surface area (Å²) >= 11 is 0. The van der Waals surface area contributed by atoms with Crippen LogP contribution in [0.15, 0.2) is 36.5 Å². The maximum Gasteiger partial charge on any atom is 0.224 e. The number of carbonyl (C=O) groups is 1. The van der Waals surface area contributed by atoms with Crippen LogP contribution >= 0.6 is 0 Å². The molecule has 0 bridgehead atoms. The number of aryl methyl sites for hydroxylation is 1. The number of rotatable bonds is 6. The number of aromatic nitrogens is 2. The highest BCUT2D eigenvalue weighted by atomic mass is 16.1. The zero-order valence-electron chi connectivity index (χ0n) is 13.4. The van der Waals surface area contributed by atoms with Crippen LogP contribution in [0.2, 0.25) is 0 Å². The molecule has 1 heterocycles. The summed E-state index contributed by atoms with van der Waals surface area (Å²) in [7, 11) is 1.92. The van der Waals surface area contributed by atoms with E-state index in [4.69, 9.17) is 5.73 Å². The van der Waals surface area contributed by atoms with Crippen molar-refractivity contribution in [1.29, 1.82) is 0 Å². The quantitative estimate of drug-likeness (QED) is 0.853. The largest absolute Gasteiger partial charge is 0.355 e.